The Morgan fingerprint density at radius 3 is 2.39 bits per heavy atom. The normalized spacial score (nSPS) is 17.4. The van der Waals surface area contributed by atoms with Crippen LogP contribution in [0.15, 0.2) is 128 Å². The number of nitrogens with one attached hydrogen (secondary N) is 1. The van der Waals surface area contributed by atoms with Crippen LogP contribution in [0.4, 0.5) is 0 Å². The highest BCUT2D eigenvalue weighted by atomic mass is 16.7. The van der Waals surface area contributed by atoms with Crippen molar-refractivity contribution in [2.45, 2.75) is 44.5 Å². The minimum atomic E-state index is -0.538. The van der Waals surface area contributed by atoms with Gasteiger partial charge in [-0.05, 0) is 65.2 Å². The number of carbonyl (C=O) groups is 1. The van der Waals surface area contributed by atoms with Crippen molar-refractivity contribution in [2.24, 2.45) is 0 Å². The summed E-state index contributed by atoms with van der Waals surface area (Å²) in [6.45, 7) is 1.99. The number of rotatable bonds is 12. The lowest BCUT2D eigenvalue weighted by Gasteiger charge is -2.38. The van der Waals surface area contributed by atoms with Crippen LogP contribution in [0.3, 0.4) is 0 Å². The number of likely N-dealkylation sites (N-methyl/N-ethyl adjacent to an activating group) is 1. The van der Waals surface area contributed by atoms with E-state index in [2.05, 4.69) is 74.7 Å². The zero-order valence-corrected chi connectivity index (χ0v) is 28.6. The number of hydrogen-bond acceptors (Lipinski definition) is 8. The smallest absolute Gasteiger partial charge is 0.271 e. The van der Waals surface area contributed by atoms with Crippen molar-refractivity contribution in [3.05, 3.63) is 161 Å². The SMILES string of the molecule is CN(CCc1ccccn1)C[C@H]1C[C@@H](c2ccc(CO)cc2)O[C@@H](c2ccc(-c3cccc(CNC(=O)c4cnc5ccccc5n4)c3)cc2)O1. The predicted octanol–water partition coefficient (Wildman–Crippen LogP) is 6.83. The van der Waals surface area contributed by atoms with Crippen LogP contribution in [0.2, 0.25) is 0 Å². The largest absolute Gasteiger partial charge is 0.392 e. The van der Waals surface area contributed by atoms with Gasteiger partial charge in [0.05, 0.1) is 36.0 Å². The van der Waals surface area contributed by atoms with E-state index in [4.69, 9.17) is 9.47 Å². The molecule has 7 rings (SSSR count). The quantitative estimate of drug-likeness (QED) is 0.145. The van der Waals surface area contributed by atoms with Crippen molar-refractivity contribution in [1.82, 2.24) is 25.2 Å². The number of amides is 1. The molecule has 51 heavy (non-hydrogen) atoms. The molecule has 0 spiro atoms. The minimum absolute atomic E-state index is 0.00560. The van der Waals surface area contributed by atoms with Gasteiger partial charge in [-0.15, -0.1) is 0 Å². The summed E-state index contributed by atoms with van der Waals surface area (Å²) >= 11 is 0. The summed E-state index contributed by atoms with van der Waals surface area (Å²) in [6, 6.07) is 37.9. The van der Waals surface area contributed by atoms with Gasteiger partial charge in [0, 0.05) is 49.9 Å². The molecule has 0 saturated carbocycles. The standard InChI is InChI=1S/C42H41N5O4/c1-47(22-20-35-9-4-5-21-43-35)27-36-24-40(32-14-12-29(28-48)13-15-32)51-42(50-36)33-18-16-31(17-19-33)34-8-6-7-30(23-34)25-45-41(49)39-26-44-37-10-2-3-11-38(37)46-39/h2-19,21,23,26,36,40,42,48H,20,22,24-25,27-28H2,1H3,(H,45,49)/t36-,40+,42+/m1/s1. The molecule has 0 unspecified atom stereocenters. The van der Waals surface area contributed by atoms with Crippen LogP contribution < -0.4 is 5.32 Å². The van der Waals surface area contributed by atoms with E-state index in [0.29, 0.717) is 12.1 Å². The van der Waals surface area contributed by atoms with E-state index in [1.807, 2.05) is 79.0 Å². The molecule has 1 aliphatic rings. The molecular formula is C42H41N5O4. The fraction of sp³-hybridized carbons (Fsp3) is 0.238. The van der Waals surface area contributed by atoms with E-state index >= 15 is 0 Å². The molecule has 0 radical (unpaired) electrons. The van der Waals surface area contributed by atoms with Crippen LogP contribution >= 0.6 is 0 Å². The molecule has 9 heteroatoms. The van der Waals surface area contributed by atoms with Gasteiger partial charge in [-0.3, -0.25) is 14.8 Å². The molecule has 3 heterocycles. The number of ether oxygens (including phenoxy) is 2. The molecule has 2 N–H and O–H groups in total. The molecular weight excluding hydrogens is 638 g/mol. The Kier molecular flexibility index (Phi) is 10.8. The molecule has 6 aromatic rings. The van der Waals surface area contributed by atoms with Crippen molar-refractivity contribution in [3.8, 4) is 11.1 Å². The molecule has 0 bridgehead atoms. The first-order valence-electron chi connectivity index (χ1n) is 17.3. The summed E-state index contributed by atoms with van der Waals surface area (Å²) in [5.41, 5.74) is 8.74. The van der Waals surface area contributed by atoms with Crippen molar-refractivity contribution in [3.63, 3.8) is 0 Å². The Hall–Kier alpha value is -5.32. The second-order valence-electron chi connectivity index (χ2n) is 12.9. The Morgan fingerprint density at radius 2 is 1.61 bits per heavy atom. The molecule has 0 aliphatic carbocycles. The number of aliphatic hydroxyl groups is 1. The first-order chi connectivity index (χ1) is 25.0. The number of hydrogen-bond donors (Lipinski definition) is 2. The van der Waals surface area contributed by atoms with Gasteiger partial charge >= 0.3 is 0 Å². The molecule has 1 fully saturated rings. The van der Waals surface area contributed by atoms with Crippen LogP contribution in [-0.4, -0.2) is 57.1 Å². The number of benzene rings is 4. The Morgan fingerprint density at radius 1 is 0.824 bits per heavy atom. The van der Waals surface area contributed by atoms with Crippen LogP contribution in [0.1, 0.15) is 57.3 Å². The Balaban J connectivity index is 1.02. The summed E-state index contributed by atoms with van der Waals surface area (Å²) < 4.78 is 13.2. The van der Waals surface area contributed by atoms with Gasteiger partial charge in [-0.1, -0.05) is 84.9 Å². The molecule has 9 nitrogen and oxygen atoms in total. The summed E-state index contributed by atoms with van der Waals surface area (Å²) in [6.07, 6.45) is 4.19. The fourth-order valence-corrected chi connectivity index (χ4v) is 6.36. The monoisotopic (exact) mass is 679 g/mol. The maximum absolute atomic E-state index is 12.9. The van der Waals surface area contributed by atoms with Gasteiger partial charge in [-0.25, -0.2) is 4.98 Å². The van der Waals surface area contributed by atoms with E-state index in [0.717, 1.165) is 70.5 Å². The molecule has 1 amide bonds. The minimum Gasteiger partial charge on any atom is -0.392 e. The van der Waals surface area contributed by atoms with Crippen LogP contribution in [0.5, 0.6) is 0 Å². The number of aromatic nitrogens is 3. The molecule has 3 atom stereocenters. The lowest BCUT2D eigenvalue weighted by molar-refractivity contribution is -0.252. The van der Waals surface area contributed by atoms with Crippen LogP contribution in [0.25, 0.3) is 22.2 Å². The van der Waals surface area contributed by atoms with Gasteiger partial charge in [0.25, 0.3) is 5.91 Å². The lowest BCUT2D eigenvalue weighted by Crippen LogP contribution is -2.38. The first-order valence-corrected chi connectivity index (χ1v) is 17.3. The van der Waals surface area contributed by atoms with Crippen molar-refractivity contribution in [2.75, 3.05) is 20.1 Å². The van der Waals surface area contributed by atoms with E-state index < -0.39 is 6.29 Å². The summed E-state index contributed by atoms with van der Waals surface area (Å²) in [4.78, 5) is 28.4. The molecule has 258 valence electrons. The number of para-hydroxylation sites is 2. The number of nitrogens with zero attached hydrogens (tertiary/aromatic N) is 4. The zero-order chi connectivity index (χ0) is 35.0. The zero-order valence-electron chi connectivity index (χ0n) is 28.6. The van der Waals surface area contributed by atoms with E-state index in [1.165, 1.54) is 6.20 Å². The van der Waals surface area contributed by atoms with E-state index in [1.54, 1.807) is 0 Å². The van der Waals surface area contributed by atoms with Crippen molar-refractivity contribution >= 4 is 16.9 Å². The highest BCUT2D eigenvalue weighted by Crippen LogP contribution is 2.38. The number of carbonyl (C=O) groups excluding carboxylic acids is 1. The predicted molar refractivity (Wildman–Crippen MR) is 196 cm³/mol. The number of pyridine rings is 1. The van der Waals surface area contributed by atoms with E-state index in [-0.39, 0.29) is 30.4 Å². The van der Waals surface area contributed by atoms with Gasteiger partial charge in [0.2, 0.25) is 0 Å². The van der Waals surface area contributed by atoms with E-state index in [9.17, 15) is 9.90 Å². The second kappa shape index (κ2) is 16.1. The number of aliphatic hydroxyl groups excluding tert-OH is 1. The molecule has 2 aromatic heterocycles. The Labute approximate surface area is 298 Å². The average molecular weight is 680 g/mol. The molecule has 4 aromatic carbocycles. The second-order valence-corrected chi connectivity index (χ2v) is 12.9. The highest BCUT2D eigenvalue weighted by Gasteiger charge is 2.32. The third-order valence-electron chi connectivity index (χ3n) is 9.18. The average Bonchev–Trinajstić information content (AvgIpc) is 3.19. The van der Waals surface area contributed by atoms with Gasteiger partial charge < -0.3 is 24.8 Å². The topological polar surface area (TPSA) is 110 Å². The Bertz CT molecular complexity index is 2060. The summed E-state index contributed by atoms with van der Waals surface area (Å²) in [7, 11) is 2.12. The number of fused-ring (bicyclic) bond motifs is 1. The maximum atomic E-state index is 12.9. The summed E-state index contributed by atoms with van der Waals surface area (Å²) in [5.74, 6) is -0.268. The summed E-state index contributed by atoms with van der Waals surface area (Å²) in [5, 5.41) is 12.5. The third kappa shape index (κ3) is 8.71. The van der Waals surface area contributed by atoms with Crippen molar-refractivity contribution < 1.29 is 19.4 Å². The lowest BCUT2D eigenvalue weighted by atomic mass is 9.99. The third-order valence-corrected chi connectivity index (χ3v) is 9.18. The van der Waals surface area contributed by atoms with Gasteiger partial charge in [0.15, 0.2) is 6.29 Å². The molecule has 1 saturated heterocycles. The van der Waals surface area contributed by atoms with Crippen LogP contribution in [-0.2, 0) is 29.0 Å². The first kappa shape index (κ1) is 34.1. The molecule has 1 aliphatic heterocycles. The fourth-order valence-electron chi connectivity index (χ4n) is 6.36. The van der Waals surface area contributed by atoms with Crippen LogP contribution in [0, 0.1) is 0 Å². The van der Waals surface area contributed by atoms with Crippen molar-refractivity contribution in [1.29, 1.82) is 0 Å². The highest BCUT2D eigenvalue weighted by molar-refractivity contribution is 5.93. The van der Waals surface area contributed by atoms with Gasteiger partial charge in [0.1, 0.15) is 5.69 Å². The maximum Gasteiger partial charge on any atom is 0.271 e. The van der Waals surface area contributed by atoms with Gasteiger partial charge in [-0.2, -0.15) is 0 Å².